The number of hydrogen-bond donors (Lipinski definition) is 2. The van der Waals surface area contributed by atoms with Gasteiger partial charge in [-0.05, 0) is 54.1 Å². The second kappa shape index (κ2) is 8.37. The van der Waals surface area contributed by atoms with Crippen molar-refractivity contribution in [1.82, 2.24) is 10.3 Å². The second-order valence-electron chi connectivity index (χ2n) is 5.80. The van der Waals surface area contributed by atoms with E-state index in [1.165, 1.54) is 24.3 Å². The number of halogens is 2. The van der Waals surface area contributed by atoms with Crippen LogP contribution in [0.1, 0.15) is 15.9 Å². The van der Waals surface area contributed by atoms with Crippen LogP contribution in [0, 0.1) is 5.82 Å². The lowest BCUT2D eigenvalue weighted by molar-refractivity contribution is 0.0951. The predicted molar refractivity (Wildman–Crippen MR) is 104 cm³/mol. The van der Waals surface area contributed by atoms with Crippen LogP contribution < -0.4 is 10.0 Å². The largest absolute Gasteiger partial charge is 0.348 e. The Balaban J connectivity index is 1.66. The quantitative estimate of drug-likeness (QED) is 0.639. The van der Waals surface area contributed by atoms with Gasteiger partial charge in [-0.15, -0.1) is 0 Å². The summed E-state index contributed by atoms with van der Waals surface area (Å²) in [5.41, 5.74) is 1.49. The molecule has 0 fully saturated rings. The van der Waals surface area contributed by atoms with Gasteiger partial charge in [-0.1, -0.05) is 17.7 Å². The molecule has 144 valence electrons. The maximum atomic E-state index is 13.2. The minimum atomic E-state index is -3.94. The van der Waals surface area contributed by atoms with Gasteiger partial charge in [0, 0.05) is 30.2 Å². The molecule has 0 spiro atoms. The molecular weight excluding hydrogens is 405 g/mol. The van der Waals surface area contributed by atoms with Crippen molar-refractivity contribution in [2.45, 2.75) is 11.4 Å². The average Bonchev–Trinajstić information content (AvgIpc) is 2.69. The van der Waals surface area contributed by atoms with E-state index >= 15 is 0 Å². The number of carbonyl (C=O) groups is 1. The highest BCUT2D eigenvalue weighted by atomic mass is 35.5. The molecule has 0 aliphatic carbocycles. The molecule has 28 heavy (non-hydrogen) atoms. The van der Waals surface area contributed by atoms with Gasteiger partial charge in [0.15, 0.2) is 0 Å². The molecule has 0 bridgehead atoms. The van der Waals surface area contributed by atoms with Gasteiger partial charge in [0.25, 0.3) is 15.9 Å². The third-order valence-electron chi connectivity index (χ3n) is 3.78. The van der Waals surface area contributed by atoms with E-state index in [1.807, 2.05) is 6.07 Å². The van der Waals surface area contributed by atoms with E-state index in [-0.39, 0.29) is 21.5 Å². The van der Waals surface area contributed by atoms with E-state index in [9.17, 15) is 17.6 Å². The summed E-state index contributed by atoms with van der Waals surface area (Å²) in [6.45, 7) is 0.326. The van der Waals surface area contributed by atoms with Crippen molar-refractivity contribution in [1.29, 1.82) is 0 Å². The van der Waals surface area contributed by atoms with Gasteiger partial charge in [-0.2, -0.15) is 0 Å². The minimum absolute atomic E-state index is 0.169. The lowest BCUT2D eigenvalue weighted by Crippen LogP contribution is -2.22. The van der Waals surface area contributed by atoms with Crippen molar-refractivity contribution in [2.24, 2.45) is 0 Å². The SMILES string of the molecule is O=C(NCc1cccnc1)c1ccc(NS(=O)(=O)c2ccc(F)c(Cl)c2)cc1. The molecule has 3 rings (SSSR count). The van der Waals surface area contributed by atoms with Crippen LogP contribution in [0.5, 0.6) is 0 Å². The molecule has 1 heterocycles. The van der Waals surface area contributed by atoms with Crippen LogP contribution in [-0.4, -0.2) is 19.3 Å². The summed E-state index contributed by atoms with van der Waals surface area (Å²) in [6.07, 6.45) is 3.30. The number of amides is 1. The Hall–Kier alpha value is -2.97. The first kappa shape index (κ1) is 19.8. The molecule has 6 nitrogen and oxygen atoms in total. The highest BCUT2D eigenvalue weighted by molar-refractivity contribution is 7.92. The van der Waals surface area contributed by atoms with Crippen LogP contribution in [0.25, 0.3) is 0 Å². The third kappa shape index (κ3) is 4.85. The van der Waals surface area contributed by atoms with Crippen molar-refractivity contribution >= 4 is 33.2 Å². The second-order valence-corrected chi connectivity index (χ2v) is 7.89. The molecule has 0 radical (unpaired) electrons. The van der Waals surface area contributed by atoms with E-state index in [4.69, 9.17) is 11.6 Å². The standard InChI is InChI=1S/C19H15ClFN3O3S/c20-17-10-16(7-8-18(17)21)28(26,27)24-15-5-3-14(4-6-15)19(25)23-12-13-2-1-9-22-11-13/h1-11,24H,12H2,(H,23,25). The fraction of sp³-hybridized carbons (Fsp3) is 0.0526. The first-order chi connectivity index (χ1) is 13.3. The van der Waals surface area contributed by atoms with Gasteiger partial charge in [-0.3, -0.25) is 14.5 Å². The Morgan fingerprint density at radius 1 is 1.11 bits per heavy atom. The van der Waals surface area contributed by atoms with Crippen LogP contribution in [0.15, 0.2) is 71.9 Å². The van der Waals surface area contributed by atoms with E-state index in [0.29, 0.717) is 12.1 Å². The summed E-state index contributed by atoms with van der Waals surface area (Å²) in [5, 5.41) is 2.46. The summed E-state index contributed by atoms with van der Waals surface area (Å²) >= 11 is 5.64. The molecular formula is C19H15ClFN3O3S. The zero-order chi connectivity index (χ0) is 20.1. The van der Waals surface area contributed by atoms with Crippen LogP contribution in [0.3, 0.4) is 0 Å². The van der Waals surface area contributed by atoms with Crippen molar-refractivity contribution in [3.63, 3.8) is 0 Å². The number of hydrogen-bond acceptors (Lipinski definition) is 4. The highest BCUT2D eigenvalue weighted by Crippen LogP contribution is 2.22. The predicted octanol–water partition coefficient (Wildman–Crippen LogP) is 3.60. The monoisotopic (exact) mass is 419 g/mol. The van der Waals surface area contributed by atoms with Crippen molar-refractivity contribution in [2.75, 3.05) is 4.72 Å². The van der Waals surface area contributed by atoms with Crippen LogP contribution in [0.4, 0.5) is 10.1 Å². The van der Waals surface area contributed by atoms with E-state index < -0.39 is 15.8 Å². The Bertz CT molecular complexity index is 1090. The Labute approximate surface area is 166 Å². The first-order valence-corrected chi connectivity index (χ1v) is 9.96. The summed E-state index contributed by atoms with van der Waals surface area (Å²) < 4.78 is 40.3. The molecule has 9 heteroatoms. The lowest BCUT2D eigenvalue weighted by atomic mass is 10.2. The van der Waals surface area contributed by atoms with Gasteiger partial charge in [0.2, 0.25) is 0 Å². The van der Waals surface area contributed by atoms with E-state index in [2.05, 4.69) is 15.0 Å². The average molecular weight is 420 g/mol. The third-order valence-corrected chi connectivity index (χ3v) is 5.45. The number of pyridine rings is 1. The Kier molecular flexibility index (Phi) is 5.91. The molecule has 0 aliphatic rings. The number of rotatable bonds is 6. The van der Waals surface area contributed by atoms with Crippen LogP contribution in [0.2, 0.25) is 5.02 Å². The molecule has 1 amide bonds. The molecule has 3 aromatic rings. The summed E-state index contributed by atoms with van der Waals surface area (Å²) in [5.74, 6) is -1.01. The van der Waals surface area contributed by atoms with Gasteiger partial charge in [0.05, 0.1) is 9.92 Å². The molecule has 0 unspecified atom stereocenters. The fourth-order valence-electron chi connectivity index (χ4n) is 2.33. The molecule has 1 aromatic heterocycles. The molecule has 0 aliphatic heterocycles. The number of benzene rings is 2. The fourth-order valence-corrected chi connectivity index (χ4v) is 3.66. The molecule has 2 aromatic carbocycles. The maximum absolute atomic E-state index is 13.2. The van der Waals surface area contributed by atoms with E-state index in [0.717, 1.165) is 23.8 Å². The topological polar surface area (TPSA) is 88.2 Å². The molecule has 2 N–H and O–H groups in total. The minimum Gasteiger partial charge on any atom is -0.348 e. The van der Waals surface area contributed by atoms with Crippen molar-refractivity contribution < 1.29 is 17.6 Å². The number of sulfonamides is 1. The maximum Gasteiger partial charge on any atom is 0.261 e. The normalized spacial score (nSPS) is 11.1. The zero-order valence-corrected chi connectivity index (χ0v) is 16.0. The molecule has 0 saturated carbocycles. The van der Waals surface area contributed by atoms with Gasteiger partial charge < -0.3 is 5.32 Å². The molecule has 0 saturated heterocycles. The number of aromatic nitrogens is 1. The lowest BCUT2D eigenvalue weighted by Gasteiger charge is -2.10. The number of nitrogens with one attached hydrogen (secondary N) is 2. The summed E-state index contributed by atoms with van der Waals surface area (Å²) in [7, 11) is -3.94. The van der Waals surface area contributed by atoms with Gasteiger partial charge >= 0.3 is 0 Å². The van der Waals surface area contributed by atoms with Crippen molar-refractivity contribution in [3.8, 4) is 0 Å². The summed E-state index contributed by atoms with van der Waals surface area (Å²) in [4.78, 5) is 16.0. The smallest absolute Gasteiger partial charge is 0.261 e. The Morgan fingerprint density at radius 3 is 2.50 bits per heavy atom. The summed E-state index contributed by atoms with van der Waals surface area (Å²) in [6, 6.07) is 12.6. The number of nitrogens with zero attached hydrogens (tertiary/aromatic N) is 1. The van der Waals surface area contributed by atoms with Crippen LogP contribution in [-0.2, 0) is 16.6 Å². The highest BCUT2D eigenvalue weighted by Gasteiger charge is 2.16. The first-order valence-electron chi connectivity index (χ1n) is 8.10. The van der Waals surface area contributed by atoms with Crippen LogP contribution >= 0.6 is 11.6 Å². The molecule has 0 atom stereocenters. The van der Waals surface area contributed by atoms with Gasteiger partial charge in [-0.25, -0.2) is 12.8 Å². The van der Waals surface area contributed by atoms with Gasteiger partial charge in [0.1, 0.15) is 5.82 Å². The Morgan fingerprint density at radius 2 is 1.86 bits per heavy atom. The zero-order valence-electron chi connectivity index (χ0n) is 14.4. The van der Waals surface area contributed by atoms with E-state index in [1.54, 1.807) is 18.5 Å². The number of anilines is 1. The number of carbonyl (C=O) groups excluding carboxylic acids is 1. The van der Waals surface area contributed by atoms with Crippen molar-refractivity contribution in [3.05, 3.63) is 89.0 Å².